The van der Waals surface area contributed by atoms with Crippen molar-refractivity contribution in [1.82, 2.24) is 0 Å². The molecule has 0 aliphatic heterocycles. The molecule has 0 heterocycles. The molecule has 1 aromatic rings. The van der Waals surface area contributed by atoms with Gasteiger partial charge in [-0.15, -0.1) is 0 Å². The number of hydrogen-bond acceptors (Lipinski definition) is 1. The molecule has 1 rings (SSSR count). The van der Waals surface area contributed by atoms with E-state index in [1.807, 2.05) is 31.2 Å². The van der Waals surface area contributed by atoms with Crippen molar-refractivity contribution in [2.24, 2.45) is 0 Å². The van der Waals surface area contributed by atoms with Crippen LogP contribution in [0.3, 0.4) is 0 Å². The molecular formula is C12H12O. The summed E-state index contributed by atoms with van der Waals surface area (Å²) < 4.78 is 0. The lowest BCUT2D eigenvalue weighted by Gasteiger charge is -2.02. The van der Waals surface area contributed by atoms with Gasteiger partial charge in [-0.05, 0) is 18.1 Å². The van der Waals surface area contributed by atoms with Gasteiger partial charge in [-0.2, -0.15) is 0 Å². The Labute approximate surface area is 78.4 Å². The van der Waals surface area contributed by atoms with Gasteiger partial charge in [0.05, 0.1) is 0 Å². The monoisotopic (exact) mass is 172 g/mol. The van der Waals surface area contributed by atoms with E-state index in [-0.39, 0.29) is 0 Å². The Balaban J connectivity index is 3.19. The van der Waals surface area contributed by atoms with E-state index in [9.17, 15) is 4.79 Å². The molecule has 0 bridgehead atoms. The van der Waals surface area contributed by atoms with Crippen LogP contribution in [0, 0.1) is 6.92 Å². The molecule has 1 aromatic carbocycles. The quantitative estimate of drug-likeness (QED) is 0.389. The first kappa shape index (κ1) is 9.46. The molecule has 0 fully saturated rings. The Kier molecular flexibility index (Phi) is 3.21. The van der Waals surface area contributed by atoms with E-state index in [4.69, 9.17) is 0 Å². The summed E-state index contributed by atoms with van der Waals surface area (Å²) >= 11 is 0. The van der Waals surface area contributed by atoms with E-state index in [1.54, 1.807) is 12.2 Å². The average molecular weight is 172 g/mol. The summed E-state index contributed by atoms with van der Waals surface area (Å²) in [4.78, 5) is 10.7. The van der Waals surface area contributed by atoms with E-state index >= 15 is 0 Å². The van der Waals surface area contributed by atoms with Crippen molar-refractivity contribution in [2.75, 3.05) is 0 Å². The number of aryl methyl sites for hydroxylation is 1. The second-order valence-corrected chi connectivity index (χ2v) is 2.79. The van der Waals surface area contributed by atoms with Crippen molar-refractivity contribution in [3.05, 3.63) is 54.1 Å². The van der Waals surface area contributed by atoms with Crippen molar-refractivity contribution < 1.29 is 4.79 Å². The van der Waals surface area contributed by atoms with Gasteiger partial charge in [-0.3, -0.25) is 4.79 Å². The smallest absolute Gasteiger partial charge is 0.150 e. The third-order valence-corrected chi connectivity index (χ3v) is 1.88. The number of allylic oxidation sites excluding steroid dienone is 3. The molecule has 0 N–H and O–H groups in total. The largest absolute Gasteiger partial charge is 0.298 e. The van der Waals surface area contributed by atoms with Gasteiger partial charge in [-0.25, -0.2) is 0 Å². The summed E-state index contributed by atoms with van der Waals surface area (Å²) in [7, 11) is 0. The zero-order valence-corrected chi connectivity index (χ0v) is 7.66. The average Bonchev–Trinajstić information content (AvgIpc) is 2.16. The van der Waals surface area contributed by atoms with Crippen molar-refractivity contribution in [1.29, 1.82) is 0 Å². The first-order valence-corrected chi connectivity index (χ1v) is 4.13. The molecular weight excluding hydrogens is 160 g/mol. The van der Waals surface area contributed by atoms with Crippen LogP contribution in [0.4, 0.5) is 0 Å². The van der Waals surface area contributed by atoms with Gasteiger partial charge in [0.1, 0.15) is 0 Å². The molecule has 66 valence electrons. The van der Waals surface area contributed by atoms with Crippen molar-refractivity contribution in [3.63, 3.8) is 0 Å². The number of benzene rings is 1. The normalized spacial score (nSPS) is 11.0. The van der Waals surface area contributed by atoms with Crippen LogP contribution in [0.2, 0.25) is 0 Å². The highest BCUT2D eigenvalue weighted by atomic mass is 16.1. The Morgan fingerprint density at radius 2 is 2.08 bits per heavy atom. The predicted molar refractivity (Wildman–Crippen MR) is 55.4 cm³/mol. The number of aldehydes is 1. The fourth-order valence-electron chi connectivity index (χ4n) is 1.22. The Morgan fingerprint density at radius 3 is 2.62 bits per heavy atom. The summed E-state index contributed by atoms with van der Waals surface area (Å²) in [6, 6.07) is 7.78. The lowest BCUT2D eigenvalue weighted by molar-refractivity contribution is -0.103. The zero-order chi connectivity index (χ0) is 9.68. The molecule has 0 spiro atoms. The standard InChI is InChI=1S/C12H12O/c1-3-6-11(9-13)12-8-5-4-7-10(12)2/h3-9H,1H2,2H3/b11-6-. The minimum atomic E-state index is 0.674. The van der Waals surface area contributed by atoms with Gasteiger partial charge in [0.15, 0.2) is 6.29 Å². The van der Waals surface area contributed by atoms with Crippen LogP contribution in [-0.2, 0) is 4.79 Å². The molecule has 13 heavy (non-hydrogen) atoms. The molecule has 0 amide bonds. The highest BCUT2D eigenvalue weighted by Gasteiger charge is 2.00. The highest BCUT2D eigenvalue weighted by molar-refractivity contribution is 6.07. The van der Waals surface area contributed by atoms with E-state index in [0.717, 1.165) is 17.4 Å². The number of carbonyl (C=O) groups excluding carboxylic acids is 1. The molecule has 0 radical (unpaired) electrons. The van der Waals surface area contributed by atoms with Gasteiger partial charge in [0.2, 0.25) is 0 Å². The van der Waals surface area contributed by atoms with Crippen LogP contribution in [0.25, 0.3) is 5.57 Å². The molecule has 0 saturated carbocycles. The van der Waals surface area contributed by atoms with E-state index in [0.29, 0.717) is 5.57 Å². The topological polar surface area (TPSA) is 17.1 Å². The van der Waals surface area contributed by atoms with Gasteiger partial charge in [0, 0.05) is 5.57 Å². The Morgan fingerprint density at radius 1 is 1.38 bits per heavy atom. The maximum absolute atomic E-state index is 10.7. The van der Waals surface area contributed by atoms with Gasteiger partial charge in [-0.1, -0.05) is 43.0 Å². The minimum absolute atomic E-state index is 0.674. The summed E-state index contributed by atoms with van der Waals surface area (Å²) in [6.07, 6.45) is 4.19. The second-order valence-electron chi connectivity index (χ2n) is 2.79. The van der Waals surface area contributed by atoms with Crippen LogP contribution in [0.15, 0.2) is 43.0 Å². The molecule has 0 aromatic heterocycles. The first-order chi connectivity index (χ1) is 6.29. The summed E-state index contributed by atoms with van der Waals surface area (Å²) in [5, 5.41) is 0. The number of hydrogen-bond donors (Lipinski definition) is 0. The van der Waals surface area contributed by atoms with Crippen LogP contribution < -0.4 is 0 Å². The summed E-state index contributed by atoms with van der Waals surface area (Å²) in [5.41, 5.74) is 2.74. The van der Waals surface area contributed by atoms with Gasteiger partial charge < -0.3 is 0 Å². The molecule has 0 unspecified atom stereocenters. The Hall–Kier alpha value is -1.63. The van der Waals surface area contributed by atoms with Crippen molar-refractivity contribution >= 4 is 11.9 Å². The van der Waals surface area contributed by atoms with Crippen molar-refractivity contribution in [2.45, 2.75) is 6.92 Å². The maximum atomic E-state index is 10.7. The molecule has 0 saturated heterocycles. The number of rotatable bonds is 3. The first-order valence-electron chi connectivity index (χ1n) is 4.13. The lowest BCUT2D eigenvalue weighted by atomic mass is 10.0. The predicted octanol–water partition coefficient (Wildman–Crippen LogP) is 2.76. The maximum Gasteiger partial charge on any atom is 0.150 e. The van der Waals surface area contributed by atoms with E-state index < -0.39 is 0 Å². The SMILES string of the molecule is C=C/C=C(/C=O)c1ccccc1C. The van der Waals surface area contributed by atoms with Crippen LogP contribution in [-0.4, -0.2) is 6.29 Å². The fraction of sp³-hybridized carbons (Fsp3) is 0.0833. The van der Waals surface area contributed by atoms with Gasteiger partial charge in [0.25, 0.3) is 0 Å². The zero-order valence-electron chi connectivity index (χ0n) is 7.66. The third kappa shape index (κ3) is 2.15. The molecule has 1 nitrogen and oxygen atoms in total. The fourth-order valence-corrected chi connectivity index (χ4v) is 1.22. The van der Waals surface area contributed by atoms with Gasteiger partial charge >= 0.3 is 0 Å². The minimum Gasteiger partial charge on any atom is -0.298 e. The molecule has 0 aliphatic carbocycles. The van der Waals surface area contributed by atoms with Crippen LogP contribution in [0.1, 0.15) is 11.1 Å². The third-order valence-electron chi connectivity index (χ3n) is 1.88. The van der Waals surface area contributed by atoms with E-state index in [2.05, 4.69) is 6.58 Å². The highest BCUT2D eigenvalue weighted by Crippen LogP contribution is 2.16. The molecule has 1 heteroatoms. The molecule has 0 atom stereocenters. The van der Waals surface area contributed by atoms with Crippen LogP contribution >= 0.6 is 0 Å². The second kappa shape index (κ2) is 4.41. The summed E-state index contributed by atoms with van der Waals surface area (Å²) in [6.45, 7) is 5.55. The molecule has 0 aliphatic rings. The van der Waals surface area contributed by atoms with Crippen LogP contribution in [0.5, 0.6) is 0 Å². The number of carbonyl (C=O) groups is 1. The lowest BCUT2D eigenvalue weighted by Crippen LogP contribution is -1.88. The van der Waals surface area contributed by atoms with E-state index in [1.165, 1.54) is 0 Å². The summed E-state index contributed by atoms with van der Waals surface area (Å²) in [5.74, 6) is 0. The Bertz CT molecular complexity index is 348. The van der Waals surface area contributed by atoms with Crippen molar-refractivity contribution in [3.8, 4) is 0 Å².